The number of methoxy groups -OCH3 is 1. The van der Waals surface area contributed by atoms with Crippen LogP contribution in [0.5, 0.6) is 0 Å². The van der Waals surface area contributed by atoms with Crippen LogP contribution in [0.15, 0.2) is 5.38 Å². The molecule has 0 bridgehead atoms. The van der Waals surface area contributed by atoms with Gasteiger partial charge in [-0.05, 0) is 31.7 Å². The first-order chi connectivity index (χ1) is 9.33. The van der Waals surface area contributed by atoms with E-state index < -0.39 is 0 Å². The first-order valence-electron chi connectivity index (χ1n) is 7.22. The quantitative estimate of drug-likeness (QED) is 0.780. The number of aromatic nitrogens is 1. The fourth-order valence-electron chi connectivity index (χ4n) is 2.44. The molecule has 19 heavy (non-hydrogen) atoms. The molecule has 0 spiro atoms. The van der Waals surface area contributed by atoms with Gasteiger partial charge in [0.05, 0.1) is 5.69 Å². The number of ether oxygens (including phenoxy) is 1. The number of hydrogen-bond acceptors (Lipinski definition) is 5. The topological polar surface area (TPSA) is 37.4 Å². The lowest BCUT2D eigenvalue weighted by atomic mass is 9.98. The number of thiazole rings is 1. The van der Waals surface area contributed by atoms with Gasteiger partial charge in [-0.25, -0.2) is 4.98 Å². The van der Waals surface area contributed by atoms with Gasteiger partial charge in [0.15, 0.2) is 5.13 Å². The van der Waals surface area contributed by atoms with E-state index in [1.165, 1.54) is 30.1 Å². The van der Waals surface area contributed by atoms with Crippen LogP contribution >= 0.6 is 11.3 Å². The highest BCUT2D eigenvalue weighted by atomic mass is 32.1. The van der Waals surface area contributed by atoms with Gasteiger partial charge in [0.2, 0.25) is 0 Å². The van der Waals surface area contributed by atoms with Crippen molar-refractivity contribution in [1.29, 1.82) is 0 Å². The number of hydrogen-bond donors (Lipinski definition) is 1. The van der Waals surface area contributed by atoms with E-state index in [2.05, 4.69) is 22.5 Å². The maximum Gasteiger partial charge on any atom is 0.185 e. The van der Waals surface area contributed by atoms with Gasteiger partial charge >= 0.3 is 0 Å². The molecule has 108 valence electrons. The highest BCUT2D eigenvalue weighted by Crippen LogP contribution is 2.26. The molecule has 0 amide bonds. The van der Waals surface area contributed by atoms with Crippen LogP contribution in [-0.2, 0) is 11.3 Å². The van der Waals surface area contributed by atoms with Crippen molar-refractivity contribution in [2.75, 3.05) is 38.3 Å². The molecule has 2 heterocycles. The molecule has 1 N–H and O–H groups in total. The van der Waals surface area contributed by atoms with Crippen molar-refractivity contribution < 1.29 is 4.74 Å². The van der Waals surface area contributed by atoms with Gasteiger partial charge in [0.25, 0.3) is 0 Å². The van der Waals surface area contributed by atoms with Crippen molar-refractivity contribution in [2.45, 2.75) is 32.7 Å². The van der Waals surface area contributed by atoms with E-state index in [9.17, 15) is 0 Å². The van der Waals surface area contributed by atoms with Crippen LogP contribution in [0.1, 0.15) is 31.9 Å². The van der Waals surface area contributed by atoms with E-state index in [1.54, 1.807) is 18.4 Å². The summed E-state index contributed by atoms with van der Waals surface area (Å²) < 4.78 is 5.24. The molecule has 0 aliphatic carbocycles. The van der Waals surface area contributed by atoms with Crippen molar-refractivity contribution in [3.8, 4) is 0 Å². The fraction of sp³-hybridized carbons (Fsp3) is 0.786. The molecule has 0 radical (unpaired) electrons. The zero-order chi connectivity index (χ0) is 13.5. The van der Waals surface area contributed by atoms with Gasteiger partial charge in [-0.2, -0.15) is 0 Å². The predicted octanol–water partition coefficient (Wildman–Crippen LogP) is 2.51. The summed E-state index contributed by atoms with van der Waals surface area (Å²) in [5, 5.41) is 6.76. The minimum absolute atomic E-state index is 0.729. The molecule has 1 aromatic heterocycles. The molecule has 0 saturated carbocycles. The SMILES string of the molecule is CCCNCc1csc(N2CCC(COC)CC2)n1. The lowest BCUT2D eigenvalue weighted by molar-refractivity contribution is 0.139. The van der Waals surface area contributed by atoms with Gasteiger partial charge in [0, 0.05) is 38.7 Å². The molecule has 2 rings (SSSR count). The van der Waals surface area contributed by atoms with E-state index in [0.717, 1.165) is 38.7 Å². The first-order valence-corrected chi connectivity index (χ1v) is 8.10. The Morgan fingerprint density at radius 3 is 2.95 bits per heavy atom. The third-order valence-corrected chi connectivity index (χ3v) is 4.51. The van der Waals surface area contributed by atoms with Gasteiger partial charge in [0.1, 0.15) is 0 Å². The summed E-state index contributed by atoms with van der Waals surface area (Å²) in [6, 6.07) is 0. The average molecular weight is 283 g/mol. The number of nitrogens with one attached hydrogen (secondary N) is 1. The summed E-state index contributed by atoms with van der Waals surface area (Å²) in [5.41, 5.74) is 1.17. The number of anilines is 1. The van der Waals surface area contributed by atoms with Crippen molar-refractivity contribution in [3.05, 3.63) is 11.1 Å². The molecular formula is C14H25N3OS. The van der Waals surface area contributed by atoms with Gasteiger partial charge in [-0.15, -0.1) is 11.3 Å². The van der Waals surface area contributed by atoms with Gasteiger partial charge in [-0.3, -0.25) is 0 Å². The number of nitrogens with zero attached hydrogens (tertiary/aromatic N) is 2. The van der Waals surface area contributed by atoms with Crippen LogP contribution in [0, 0.1) is 5.92 Å². The summed E-state index contributed by atoms with van der Waals surface area (Å²) in [6.07, 6.45) is 3.61. The molecular weight excluding hydrogens is 258 g/mol. The Hall–Kier alpha value is -0.650. The number of piperidine rings is 1. The zero-order valence-electron chi connectivity index (χ0n) is 12.0. The summed E-state index contributed by atoms with van der Waals surface area (Å²) >= 11 is 1.77. The summed E-state index contributed by atoms with van der Waals surface area (Å²) in [4.78, 5) is 7.14. The van der Waals surface area contributed by atoms with Crippen LogP contribution < -0.4 is 10.2 Å². The third kappa shape index (κ3) is 4.44. The Morgan fingerprint density at radius 2 is 2.26 bits per heavy atom. The molecule has 0 aromatic carbocycles. The molecule has 1 aromatic rings. The molecule has 0 atom stereocenters. The molecule has 5 heteroatoms. The van der Waals surface area contributed by atoms with Crippen LogP contribution in [0.25, 0.3) is 0 Å². The maximum absolute atomic E-state index is 5.24. The van der Waals surface area contributed by atoms with Crippen molar-refractivity contribution in [3.63, 3.8) is 0 Å². The van der Waals surface area contributed by atoms with Crippen LogP contribution in [0.2, 0.25) is 0 Å². The van der Waals surface area contributed by atoms with E-state index in [0.29, 0.717) is 0 Å². The Kier molecular flexibility index (Phi) is 6.07. The lowest BCUT2D eigenvalue weighted by Crippen LogP contribution is -2.34. The summed E-state index contributed by atoms with van der Waals surface area (Å²) in [7, 11) is 1.79. The zero-order valence-corrected chi connectivity index (χ0v) is 12.8. The van der Waals surface area contributed by atoms with Crippen LogP contribution in [0.4, 0.5) is 5.13 Å². The van der Waals surface area contributed by atoms with Crippen molar-refractivity contribution in [1.82, 2.24) is 10.3 Å². The second-order valence-electron chi connectivity index (χ2n) is 5.18. The maximum atomic E-state index is 5.24. The Balaban J connectivity index is 1.79. The average Bonchev–Trinajstić information content (AvgIpc) is 2.89. The minimum atomic E-state index is 0.729. The van der Waals surface area contributed by atoms with E-state index in [1.807, 2.05) is 0 Å². The monoisotopic (exact) mass is 283 g/mol. The second-order valence-corrected chi connectivity index (χ2v) is 6.02. The molecule has 0 unspecified atom stereocenters. The molecule has 1 aliphatic heterocycles. The highest BCUT2D eigenvalue weighted by Gasteiger charge is 2.20. The second kappa shape index (κ2) is 7.82. The smallest absolute Gasteiger partial charge is 0.185 e. The Labute approximate surface area is 120 Å². The normalized spacial score (nSPS) is 17.1. The number of rotatable bonds is 7. The third-order valence-electron chi connectivity index (χ3n) is 3.56. The van der Waals surface area contributed by atoms with Crippen molar-refractivity contribution >= 4 is 16.5 Å². The first kappa shape index (κ1) is 14.8. The molecule has 1 fully saturated rings. The molecule has 1 aliphatic rings. The van der Waals surface area contributed by atoms with Crippen LogP contribution in [-0.4, -0.2) is 38.3 Å². The van der Waals surface area contributed by atoms with E-state index >= 15 is 0 Å². The van der Waals surface area contributed by atoms with Crippen molar-refractivity contribution in [2.24, 2.45) is 5.92 Å². The summed E-state index contributed by atoms with van der Waals surface area (Å²) in [5.74, 6) is 0.729. The predicted molar refractivity (Wildman–Crippen MR) is 80.9 cm³/mol. The Morgan fingerprint density at radius 1 is 1.47 bits per heavy atom. The van der Waals surface area contributed by atoms with Gasteiger partial charge < -0.3 is 15.0 Å². The highest BCUT2D eigenvalue weighted by molar-refractivity contribution is 7.13. The minimum Gasteiger partial charge on any atom is -0.384 e. The van der Waals surface area contributed by atoms with Gasteiger partial charge in [-0.1, -0.05) is 6.92 Å². The summed E-state index contributed by atoms with van der Waals surface area (Å²) in [6.45, 7) is 7.27. The Bertz CT molecular complexity index is 361. The lowest BCUT2D eigenvalue weighted by Gasteiger charge is -2.31. The molecule has 1 saturated heterocycles. The van der Waals surface area contributed by atoms with Crippen LogP contribution in [0.3, 0.4) is 0 Å². The largest absolute Gasteiger partial charge is 0.384 e. The molecule has 4 nitrogen and oxygen atoms in total. The van der Waals surface area contributed by atoms with E-state index in [-0.39, 0.29) is 0 Å². The standard InChI is InChI=1S/C14H25N3OS/c1-3-6-15-9-13-11-19-14(16-13)17-7-4-12(5-8-17)10-18-2/h11-12,15H,3-10H2,1-2H3. The van der Waals surface area contributed by atoms with E-state index in [4.69, 9.17) is 9.72 Å². The fourth-order valence-corrected chi connectivity index (χ4v) is 3.32.